The quantitative estimate of drug-likeness (QED) is 0.873. The zero-order chi connectivity index (χ0) is 18.6. The summed E-state index contributed by atoms with van der Waals surface area (Å²) in [7, 11) is 0. The summed E-state index contributed by atoms with van der Waals surface area (Å²) in [5, 5.41) is 4.73. The third-order valence-electron chi connectivity index (χ3n) is 4.09. The molecule has 3 amide bonds. The molecule has 0 atom stereocenters. The first-order chi connectivity index (χ1) is 11.6. The summed E-state index contributed by atoms with van der Waals surface area (Å²) in [5.41, 5.74) is 2.78. The maximum atomic E-state index is 12.3. The van der Waals surface area contributed by atoms with Crippen LogP contribution in [0.15, 0.2) is 18.2 Å². The number of carbonyl (C=O) groups excluding carboxylic acids is 2. The second-order valence-corrected chi connectivity index (χ2v) is 6.40. The van der Waals surface area contributed by atoms with E-state index in [4.69, 9.17) is 0 Å². The summed E-state index contributed by atoms with van der Waals surface area (Å²) >= 11 is 0. The minimum absolute atomic E-state index is 0.265. The topological polar surface area (TPSA) is 61.4 Å². The van der Waals surface area contributed by atoms with E-state index in [0.29, 0.717) is 31.6 Å². The summed E-state index contributed by atoms with van der Waals surface area (Å²) in [6.07, 6.45) is -3.71. The molecule has 0 aromatic heterocycles. The highest BCUT2D eigenvalue weighted by Crippen LogP contribution is 2.20. The summed E-state index contributed by atoms with van der Waals surface area (Å²) in [6.45, 7) is 3.22. The minimum Gasteiger partial charge on any atom is -0.347 e. The van der Waals surface area contributed by atoms with E-state index in [9.17, 15) is 22.8 Å². The number of likely N-dealkylation sites (tertiary alicyclic amines) is 1. The Hall–Kier alpha value is -2.25. The molecule has 8 heteroatoms. The molecule has 0 unspecified atom stereocenters. The maximum Gasteiger partial charge on any atom is 0.405 e. The Morgan fingerprint density at radius 3 is 2.20 bits per heavy atom. The van der Waals surface area contributed by atoms with E-state index in [1.165, 1.54) is 0 Å². The Morgan fingerprint density at radius 2 is 1.68 bits per heavy atom. The smallest absolute Gasteiger partial charge is 0.347 e. The molecule has 1 fully saturated rings. The number of amides is 3. The molecular formula is C17H22F3N3O2. The van der Waals surface area contributed by atoms with Gasteiger partial charge in [-0.1, -0.05) is 6.07 Å². The highest BCUT2D eigenvalue weighted by molar-refractivity contribution is 5.89. The number of carbonyl (C=O) groups is 2. The largest absolute Gasteiger partial charge is 0.405 e. The van der Waals surface area contributed by atoms with Crippen molar-refractivity contribution in [3.63, 3.8) is 0 Å². The molecule has 0 bridgehead atoms. The van der Waals surface area contributed by atoms with Crippen LogP contribution in [0.5, 0.6) is 0 Å². The van der Waals surface area contributed by atoms with Crippen molar-refractivity contribution in [2.75, 3.05) is 25.0 Å². The van der Waals surface area contributed by atoms with Gasteiger partial charge in [0.05, 0.1) is 0 Å². The number of halogens is 3. The monoisotopic (exact) mass is 357 g/mol. The highest BCUT2D eigenvalue weighted by atomic mass is 19.4. The molecule has 1 heterocycles. The molecule has 0 spiro atoms. The van der Waals surface area contributed by atoms with Gasteiger partial charge in [0.1, 0.15) is 6.54 Å². The van der Waals surface area contributed by atoms with Gasteiger partial charge >= 0.3 is 12.2 Å². The molecular weight excluding hydrogens is 335 g/mol. The molecule has 25 heavy (non-hydrogen) atoms. The van der Waals surface area contributed by atoms with Gasteiger partial charge in [0, 0.05) is 24.7 Å². The van der Waals surface area contributed by atoms with Crippen LogP contribution in [0.4, 0.5) is 23.7 Å². The average Bonchev–Trinajstić information content (AvgIpc) is 2.51. The number of alkyl halides is 3. The highest BCUT2D eigenvalue weighted by Gasteiger charge is 2.31. The predicted octanol–water partition coefficient (Wildman–Crippen LogP) is 3.23. The Morgan fingerprint density at radius 1 is 1.12 bits per heavy atom. The van der Waals surface area contributed by atoms with Crippen molar-refractivity contribution >= 4 is 17.6 Å². The summed E-state index contributed by atoms with van der Waals surface area (Å²) < 4.78 is 36.4. The molecule has 0 aliphatic carbocycles. The SMILES string of the molecule is Cc1cc(C)cc(NC(=O)N2CCC(C(=O)NCC(F)(F)F)CC2)c1. The number of nitrogens with zero attached hydrogens (tertiary/aromatic N) is 1. The van der Waals surface area contributed by atoms with Crippen molar-refractivity contribution < 1.29 is 22.8 Å². The van der Waals surface area contributed by atoms with Crippen molar-refractivity contribution in [1.82, 2.24) is 10.2 Å². The Balaban J connectivity index is 1.83. The van der Waals surface area contributed by atoms with Gasteiger partial charge in [-0.25, -0.2) is 4.79 Å². The van der Waals surface area contributed by atoms with Gasteiger partial charge in [-0.15, -0.1) is 0 Å². The van der Waals surface area contributed by atoms with Crippen molar-refractivity contribution in [1.29, 1.82) is 0 Å². The van der Waals surface area contributed by atoms with Crippen LogP contribution in [0.2, 0.25) is 0 Å². The van der Waals surface area contributed by atoms with Gasteiger partial charge in [0.2, 0.25) is 5.91 Å². The first-order valence-corrected chi connectivity index (χ1v) is 8.13. The molecule has 0 radical (unpaired) electrons. The van der Waals surface area contributed by atoms with Crippen LogP contribution in [0.3, 0.4) is 0 Å². The van der Waals surface area contributed by atoms with Gasteiger partial charge < -0.3 is 15.5 Å². The number of urea groups is 1. The van der Waals surface area contributed by atoms with E-state index < -0.39 is 24.5 Å². The molecule has 1 aromatic rings. The number of hydrogen-bond acceptors (Lipinski definition) is 2. The van der Waals surface area contributed by atoms with Gasteiger partial charge in [0.25, 0.3) is 0 Å². The van der Waals surface area contributed by atoms with Crippen LogP contribution in [-0.2, 0) is 4.79 Å². The summed E-state index contributed by atoms with van der Waals surface area (Å²) in [5.74, 6) is -1.10. The molecule has 138 valence electrons. The fraction of sp³-hybridized carbons (Fsp3) is 0.529. The lowest BCUT2D eigenvalue weighted by atomic mass is 9.96. The van der Waals surface area contributed by atoms with Gasteiger partial charge in [-0.05, 0) is 49.9 Å². The number of rotatable bonds is 3. The third-order valence-corrected chi connectivity index (χ3v) is 4.09. The predicted molar refractivity (Wildman–Crippen MR) is 88.3 cm³/mol. The lowest BCUT2D eigenvalue weighted by Crippen LogP contribution is -2.45. The number of nitrogens with one attached hydrogen (secondary N) is 2. The average molecular weight is 357 g/mol. The van der Waals surface area contributed by atoms with Gasteiger partial charge in [-0.3, -0.25) is 4.79 Å². The van der Waals surface area contributed by atoms with Crippen LogP contribution >= 0.6 is 0 Å². The number of benzene rings is 1. The summed E-state index contributed by atoms with van der Waals surface area (Å²) in [6, 6.07) is 5.46. The van der Waals surface area contributed by atoms with E-state index in [1.807, 2.05) is 37.4 Å². The zero-order valence-electron chi connectivity index (χ0n) is 14.2. The van der Waals surface area contributed by atoms with Gasteiger partial charge in [-0.2, -0.15) is 13.2 Å². The summed E-state index contributed by atoms with van der Waals surface area (Å²) in [4.78, 5) is 25.6. The first kappa shape index (κ1) is 19.1. The fourth-order valence-corrected chi connectivity index (χ4v) is 2.93. The molecule has 1 aliphatic rings. The number of anilines is 1. The molecule has 1 aromatic carbocycles. The normalized spacial score (nSPS) is 15.8. The number of aryl methyl sites for hydroxylation is 2. The number of piperidine rings is 1. The van der Waals surface area contributed by atoms with Crippen LogP contribution in [0.1, 0.15) is 24.0 Å². The molecule has 2 N–H and O–H groups in total. The second-order valence-electron chi connectivity index (χ2n) is 6.40. The molecule has 1 aliphatic heterocycles. The zero-order valence-corrected chi connectivity index (χ0v) is 14.2. The first-order valence-electron chi connectivity index (χ1n) is 8.13. The minimum atomic E-state index is -4.41. The molecule has 1 saturated heterocycles. The van der Waals surface area contributed by atoms with E-state index >= 15 is 0 Å². The van der Waals surface area contributed by atoms with E-state index in [2.05, 4.69) is 5.32 Å². The number of hydrogen-bond donors (Lipinski definition) is 2. The Bertz CT molecular complexity index is 618. The lowest BCUT2D eigenvalue weighted by molar-refractivity contribution is -0.141. The van der Waals surface area contributed by atoms with Gasteiger partial charge in [0.15, 0.2) is 0 Å². The standard InChI is InChI=1S/C17H22F3N3O2/c1-11-7-12(2)9-14(8-11)22-16(25)23-5-3-13(4-6-23)15(24)21-10-17(18,19)20/h7-9,13H,3-6,10H2,1-2H3,(H,21,24)(H,22,25). The molecule has 0 saturated carbocycles. The molecule has 2 rings (SSSR count). The Kier molecular flexibility index (Phi) is 5.92. The van der Waals surface area contributed by atoms with E-state index in [0.717, 1.165) is 11.1 Å². The maximum absolute atomic E-state index is 12.3. The fourth-order valence-electron chi connectivity index (χ4n) is 2.93. The van der Waals surface area contributed by atoms with Crippen molar-refractivity contribution in [2.24, 2.45) is 5.92 Å². The van der Waals surface area contributed by atoms with Crippen molar-refractivity contribution in [3.05, 3.63) is 29.3 Å². The second kappa shape index (κ2) is 7.76. The van der Waals surface area contributed by atoms with E-state index in [1.54, 1.807) is 4.90 Å². The van der Waals surface area contributed by atoms with Crippen LogP contribution in [0.25, 0.3) is 0 Å². The van der Waals surface area contributed by atoms with Crippen LogP contribution in [0, 0.1) is 19.8 Å². The lowest BCUT2D eigenvalue weighted by Gasteiger charge is -2.31. The third kappa shape index (κ3) is 5.95. The van der Waals surface area contributed by atoms with Crippen LogP contribution in [-0.4, -0.2) is 42.6 Å². The van der Waals surface area contributed by atoms with Crippen LogP contribution < -0.4 is 10.6 Å². The Labute approximate surface area is 144 Å². The molecule has 5 nitrogen and oxygen atoms in total. The van der Waals surface area contributed by atoms with Crippen molar-refractivity contribution in [3.8, 4) is 0 Å². The van der Waals surface area contributed by atoms with Crippen molar-refractivity contribution in [2.45, 2.75) is 32.9 Å². The van der Waals surface area contributed by atoms with E-state index in [-0.39, 0.29) is 6.03 Å².